The van der Waals surface area contributed by atoms with Crippen molar-refractivity contribution < 1.29 is 23.9 Å². The molecule has 0 aliphatic rings. The summed E-state index contributed by atoms with van der Waals surface area (Å²) in [7, 11) is 0. The van der Waals surface area contributed by atoms with E-state index in [0.29, 0.717) is 0 Å². The third-order valence-electron chi connectivity index (χ3n) is 2.33. The maximum atomic E-state index is 13.0. The fraction of sp³-hybridized carbons (Fsp3) is 0.273. The van der Waals surface area contributed by atoms with Gasteiger partial charge >= 0.3 is 5.97 Å². The molecule has 0 fully saturated rings. The van der Waals surface area contributed by atoms with E-state index in [0.717, 1.165) is 12.3 Å². The summed E-state index contributed by atoms with van der Waals surface area (Å²) in [5.41, 5.74) is 4.61. The Hall–Kier alpha value is -2.22. The molecule has 20 heavy (non-hydrogen) atoms. The lowest BCUT2D eigenvalue weighted by Crippen LogP contribution is -2.41. The van der Waals surface area contributed by atoms with Gasteiger partial charge in [-0.25, -0.2) is 14.2 Å². The number of amides is 2. The van der Waals surface area contributed by atoms with E-state index in [1.54, 1.807) is 0 Å². The molecule has 7 nitrogen and oxygen atoms in total. The second kappa shape index (κ2) is 6.80. The molecule has 0 aliphatic carbocycles. The highest BCUT2D eigenvalue weighted by molar-refractivity contribution is 6.32. The highest BCUT2D eigenvalue weighted by atomic mass is 35.5. The summed E-state index contributed by atoms with van der Waals surface area (Å²) in [6.07, 6.45) is 0.421. The molecule has 0 spiro atoms. The van der Waals surface area contributed by atoms with Gasteiger partial charge in [-0.05, 0) is 12.5 Å². The van der Waals surface area contributed by atoms with Crippen LogP contribution in [0.2, 0.25) is 5.15 Å². The van der Waals surface area contributed by atoms with Crippen LogP contribution in [0.1, 0.15) is 23.2 Å². The van der Waals surface area contributed by atoms with Crippen LogP contribution in [0.3, 0.4) is 0 Å². The van der Waals surface area contributed by atoms with Gasteiger partial charge in [-0.1, -0.05) is 11.6 Å². The van der Waals surface area contributed by atoms with E-state index in [1.807, 2.05) is 0 Å². The zero-order valence-corrected chi connectivity index (χ0v) is 10.9. The Labute approximate surface area is 117 Å². The molecule has 1 unspecified atom stereocenters. The van der Waals surface area contributed by atoms with Crippen LogP contribution in [0.5, 0.6) is 0 Å². The maximum absolute atomic E-state index is 13.0. The molecule has 108 valence electrons. The Morgan fingerprint density at radius 2 is 2.15 bits per heavy atom. The van der Waals surface area contributed by atoms with E-state index in [-0.39, 0.29) is 23.6 Å². The number of rotatable bonds is 6. The first kappa shape index (κ1) is 15.8. The highest BCUT2D eigenvalue weighted by Gasteiger charge is 2.23. The zero-order chi connectivity index (χ0) is 15.3. The predicted molar refractivity (Wildman–Crippen MR) is 66.5 cm³/mol. The molecular formula is C11H11ClFN3O4. The number of carbonyl (C=O) groups excluding carboxylic acids is 2. The fourth-order valence-corrected chi connectivity index (χ4v) is 1.55. The normalized spacial score (nSPS) is 11.7. The summed E-state index contributed by atoms with van der Waals surface area (Å²) in [4.78, 5) is 36.8. The molecule has 0 saturated carbocycles. The van der Waals surface area contributed by atoms with Gasteiger partial charge in [-0.2, -0.15) is 0 Å². The molecule has 1 aromatic rings. The monoisotopic (exact) mass is 303 g/mol. The number of primary amides is 1. The van der Waals surface area contributed by atoms with Crippen LogP contribution >= 0.6 is 11.6 Å². The second-order valence-electron chi connectivity index (χ2n) is 3.86. The van der Waals surface area contributed by atoms with Gasteiger partial charge in [0.25, 0.3) is 5.91 Å². The lowest BCUT2D eigenvalue weighted by molar-refractivity contribution is -0.139. The summed E-state index contributed by atoms with van der Waals surface area (Å²) < 4.78 is 13.0. The molecule has 1 atom stereocenters. The van der Waals surface area contributed by atoms with E-state index in [4.69, 9.17) is 22.4 Å². The number of hydrogen-bond acceptors (Lipinski definition) is 4. The van der Waals surface area contributed by atoms with Crippen molar-refractivity contribution in [3.63, 3.8) is 0 Å². The van der Waals surface area contributed by atoms with Crippen LogP contribution in [0.4, 0.5) is 4.39 Å². The van der Waals surface area contributed by atoms with Gasteiger partial charge in [0.2, 0.25) is 5.91 Å². The van der Waals surface area contributed by atoms with Crippen LogP contribution < -0.4 is 11.1 Å². The van der Waals surface area contributed by atoms with Gasteiger partial charge < -0.3 is 16.2 Å². The first-order chi connectivity index (χ1) is 9.31. The molecule has 0 radical (unpaired) electrons. The topological polar surface area (TPSA) is 122 Å². The van der Waals surface area contributed by atoms with E-state index in [1.165, 1.54) is 0 Å². The number of pyridine rings is 1. The molecule has 9 heteroatoms. The van der Waals surface area contributed by atoms with Crippen molar-refractivity contribution in [2.24, 2.45) is 5.73 Å². The summed E-state index contributed by atoms with van der Waals surface area (Å²) in [6.45, 7) is 0. The number of nitrogens with zero attached hydrogens (tertiary/aromatic N) is 1. The quantitative estimate of drug-likeness (QED) is 0.653. The van der Waals surface area contributed by atoms with Gasteiger partial charge in [0.15, 0.2) is 0 Å². The minimum absolute atomic E-state index is 0.184. The number of carboxylic acids is 1. The molecular weight excluding hydrogens is 293 g/mol. The predicted octanol–water partition coefficient (Wildman–Crippen LogP) is 0.323. The molecule has 1 rings (SSSR count). The van der Waals surface area contributed by atoms with Gasteiger partial charge in [0, 0.05) is 6.42 Å². The Balaban J connectivity index is 2.82. The standard InChI is InChI=1S/C11H11ClFN3O4/c12-9-6(3-5(13)4-15-9)10(18)16-7(11(19)20)1-2-8(14)17/h3-4,7H,1-2H2,(H2,14,17)(H,16,18)(H,19,20). The van der Waals surface area contributed by atoms with Crippen molar-refractivity contribution in [2.45, 2.75) is 18.9 Å². The molecule has 1 aromatic heterocycles. The van der Waals surface area contributed by atoms with Crippen molar-refractivity contribution in [1.82, 2.24) is 10.3 Å². The van der Waals surface area contributed by atoms with Gasteiger partial charge in [0.1, 0.15) is 17.0 Å². The van der Waals surface area contributed by atoms with E-state index in [9.17, 15) is 18.8 Å². The summed E-state index contributed by atoms with van der Waals surface area (Å²) >= 11 is 5.62. The van der Waals surface area contributed by atoms with Crippen LogP contribution in [-0.2, 0) is 9.59 Å². The molecule has 4 N–H and O–H groups in total. The van der Waals surface area contributed by atoms with Crippen LogP contribution in [-0.4, -0.2) is 33.9 Å². The summed E-state index contributed by atoms with van der Waals surface area (Å²) in [5, 5.41) is 10.8. The average molecular weight is 304 g/mol. The van der Waals surface area contributed by atoms with Crippen molar-refractivity contribution in [2.75, 3.05) is 0 Å². The lowest BCUT2D eigenvalue weighted by Gasteiger charge is -2.14. The molecule has 0 aromatic carbocycles. The molecule has 2 amide bonds. The Kier molecular flexibility index (Phi) is 5.39. The molecule has 0 aliphatic heterocycles. The third-order valence-corrected chi connectivity index (χ3v) is 2.63. The van der Waals surface area contributed by atoms with E-state index >= 15 is 0 Å². The lowest BCUT2D eigenvalue weighted by atomic mass is 10.1. The minimum Gasteiger partial charge on any atom is -0.480 e. The second-order valence-corrected chi connectivity index (χ2v) is 4.22. The molecule has 1 heterocycles. The number of nitrogens with two attached hydrogens (primary N) is 1. The SMILES string of the molecule is NC(=O)CCC(NC(=O)c1cc(F)cnc1Cl)C(=O)O. The first-order valence-corrected chi connectivity index (χ1v) is 5.82. The first-order valence-electron chi connectivity index (χ1n) is 5.44. The summed E-state index contributed by atoms with van der Waals surface area (Å²) in [5.74, 6) is -3.74. The maximum Gasteiger partial charge on any atom is 0.326 e. The Bertz CT molecular complexity index is 552. The molecule has 0 bridgehead atoms. The van der Waals surface area contributed by atoms with Gasteiger partial charge in [-0.15, -0.1) is 0 Å². The number of carboxylic acid groups (broad SMARTS) is 1. The molecule has 0 saturated heterocycles. The number of halogens is 2. The van der Waals surface area contributed by atoms with Crippen LogP contribution in [0.25, 0.3) is 0 Å². The number of nitrogens with one attached hydrogen (secondary N) is 1. The smallest absolute Gasteiger partial charge is 0.326 e. The van der Waals surface area contributed by atoms with Crippen molar-refractivity contribution in [3.05, 3.63) is 28.8 Å². The van der Waals surface area contributed by atoms with Crippen molar-refractivity contribution in [3.8, 4) is 0 Å². The van der Waals surface area contributed by atoms with E-state index in [2.05, 4.69) is 10.3 Å². The minimum atomic E-state index is -1.35. The van der Waals surface area contributed by atoms with Gasteiger partial charge in [0.05, 0.1) is 11.8 Å². The average Bonchev–Trinajstić information content (AvgIpc) is 2.36. The summed E-state index contributed by atoms with van der Waals surface area (Å²) in [6, 6.07) is -0.508. The fourth-order valence-electron chi connectivity index (χ4n) is 1.36. The number of carbonyl (C=O) groups is 3. The van der Waals surface area contributed by atoms with Crippen LogP contribution in [0.15, 0.2) is 12.3 Å². The Morgan fingerprint density at radius 1 is 1.50 bits per heavy atom. The largest absolute Gasteiger partial charge is 0.480 e. The highest BCUT2D eigenvalue weighted by Crippen LogP contribution is 2.14. The van der Waals surface area contributed by atoms with Crippen molar-refractivity contribution >= 4 is 29.4 Å². The number of aliphatic carboxylic acids is 1. The Morgan fingerprint density at radius 3 is 2.70 bits per heavy atom. The number of aromatic nitrogens is 1. The van der Waals surface area contributed by atoms with Crippen LogP contribution in [0, 0.1) is 5.82 Å². The number of hydrogen-bond donors (Lipinski definition) is 3. The third kappa shape index (κ3) is 4.47. The van der Waals surface area contributed by atoms with E-state index < -0.39 is 29.6 Å². The van der Waals surface area contributed by atoms with Gasteiger partial charge in [-0.3, -0.25) is 9.59 Å². The zero-order valence-electron chi connectivity index (χ0n) is 10.1. The van der Waals surface area contributed by atoms with Crippen molar-refractivity contribution in [1.29, 1.82) is 0 Å².